The molecule has 188 valence electrons. The van der Waals surface area contributed by atoms with E-state index in [1.54, 1.807) is 0 Å². The lowest BCUT2D eigenvalue weighted by atomic mass is 9.77. The summed E-state index contributed by atoms with van der Waals surface area (Å²) >= 11 is 3.97. The first kappa shape index (κ1) is 25.3. The number of hydrogen-bond donors (Lipinski definition) is 1. The number of ether oxygens (including phenoxy) is 2. The van der Waals surface area contributed by atoms with E-state index in [2.05, 4.69) is 93.6 Å². The highest BCUT2D eigenvalue weighted by molar-refractivity contribution is 8.14. The highest BCUT2D eigenvalue weighted by Gasteiger charge is 2.56. The fourth-order valence-corrected chi connectivity index (χ4v) is 7.96. The molecule has 2 N–H and O–H groups in total. The molecule has 2 aliphatic heterocycles. The van der Waals surface area contributed by atoms with Gasteiger partial charge in [0.1, 0.15) is 11.5 Å². The summed E-state index contributed by atoms with van der Waals surface area (Å²) in [5.41, 5.74) is 10.8. The van der Waals surface area contributed by atoms with Gasteiger partial charge in [-0.3, -0.25) is 0 Å². The topological polar surface area (TPSA) is 44.5 Å². The molecule has 3 aliphatic rings. The SMILES string of the molecule is CCCCOc1ccc(C2=CC3=CC=C4C=C(c5ccc(OCCCN)cc5)S[C@@]4(C)[C@]3(C)S2)cc1. The van der Waals surface area contributed by atoms with E-state index >= 15 is 0 Å². The summed E-state index contributed by atoms with van der Waals surface area (Å²) in [6.07, 6.45) is 12.5. The smallest absolute Gasteiger partial charge is 0.119 e. The Kier molecular flexibility index (Phi) is 7.43. The minimum atomic E-state index is -0.0468. The molecule has 0 unspecified atom stereocenters. The Morgan fingerprint density at radius 1 is 0.694 bits per heavy atom. The van der Waals surface area contributed by atoms with E-state index in [4.69, 9.17) is 15.2 Å². The van der Waals surface area contributed by atoms with E-state index in [0.29, 0.717) is 13.2 Å². The van der Waals surface area contributed by atoms with Gasteiger partial charge >= 0.3 is 0 Å². The van der Waals surface area contributed by atoms with Gasteiger partial charge < -0.3 is 15.2 Å². The van der Waals surface area contributed by atoms with Crippen molar-refractivity contribution in [2.45, 2.75) is 49.5 Å². The summed E-state index contributed by atoms with van der Waals surface area (Å²) in [4.78, 5) is 2.64. The number of fused-ring (bicyclic) bond motifs is 3. The van der Waals surface area contributed by atoms with Gasteiger partial charge in [0, 0.05) is 9.81 Å². The van der Waals surface area contributed by atoms with Crippen LogP contribution in [0.5, 0.6) is 11.5 Å². The van der Waals surface area contributed by atoms with Crippen LogP contribution in [0.3, 0.4) is 0 Å². The monoisotopic (exact) mass is 517 g/mol. The van der Waals surface area contributed by atoms with Gasteiger partial charge in [0.05, 0.1) is 22.7 Å². The molecule has 0 spiro atoms. The van der Waals surface area contributed by atoms with Crippen molar-refractivity contribution in [2.75, 3.05) is 19.8 Å². The molecule has 0 saturated heterocycles. The number of hydrogen-bond acceptors (Lipinski definition) is 5. The second-order valence-electron chi connectivity index (χ2n) is 9.77. The van der Waals surface area contributed by atoms with Crippen molar-refractivity contribution in [3.05, 3.63) is 95.1 Å². The Bertz CT molecular complexity index is 1130. The Labute approximate surface area is 223 Å². The van der Waals surface area contributed by atoms with Crippen molar-refractivity contribution < 1.29 is 9.47 Å². The number of allylic oxidation sites excluding steroid dienone is 4. The van der Waals surface area contributed by atoms with Gasteiger partial charge in [-0.05, 0) is 91.9 Å². The van der Waals surface area contributed by atoms with E-state index in [0.717, 1.165) is 37.4 Å². The number of rotatable bonds is 10. The molecule has 0 amide bonds. The number of unbranched alkanes of at least 4 members (excludes halogenated alkanes) is 1. The summed E-state index contributed by atoms with van der Waals surface area (Å²) in [6.45, 7) is 9.08. The van der Waals surface area contributed by atoms with E-state index in [9.17, 15) is 0 Å². The lowest BCUT2D eigenvalue weighted by Crippen LogP contribution is -2.45. The minimum Gasteiger partial charge on any atom is -0.494 e. The normalized spacial score (nSPS) is 24.3. The van der Waals surface area contributed by atoms with Gasteiger partial charge in [0.25, 0.3) is 0 Å². The molecular formula is C31H35NO2S2. The summed E-state index contributed by atoms with van der Waals surface area (Å²) < 4.78 is 11.6. The van der Waals surface area contributed by atoms with Gasteiger partial charge in [-0.1, -0.05) is 49.8 Å². The molecule has 3 nitrogen and oxygen atoms in total. The van der Waals surface area contributed by atoms with Crippen molar-refractivity contribution in [1.82, 2.24) is 0 Å². The maximum absolute atomic E-state index is 5.87. The molecule has 2 aromatic rings. The van der Waals surface area contributed by atoms with Gasteiger partial charge in [-0.2, -0.15) is 0 Å². The van der Waals surface area contributed by atoms with Crippen LogP contribution in [0.1, 0.15) is 51.2 Å². The second-order valence-corrected chi connectivity index (χ2v) is 12.7. The van der Waals surface area contributed by atoms with Gasteiger partial charge in [0.2, 0.25) is 0 Å². The lowest BCUT2D eigenvalue weighted by molar-refractivity contribution is 0.309. The zero-order valence-electron chi connectivity index (χ0n) is 21.4. The van der Waals surface area contributed by atoms with E-state index in [1.165, 1.54) is 32.1 Å². The highest BCUT2D eigenvalue weighted by atomic mass is 32.2. The Morgan fingerprint density at radius 3 is 1.56 bits per heavy atom. The van der Waals surface area contributed by atoms with Gasteiger partial charge in [0.15, 0.2) is 0 Å². The van der Waals surface area contributed by atoms with Crippen LogP contribution < -0.4 is 15.2 Å². The van der Waals surface area contributed by atoms with Crippen LogP contribution in [0.2, 0.25) is 0 Å². The van der Waals surface area contributed by atoms with Crippen molar-refractivity contribution in [1.29, 1.82) is 0 Å². The van der Waals surface area contributed by atoms with Crippen molar-refractivity contribution in [3.8, 4) is 11.5 Å². The summed E-state index contributed by atoms with van der Waals surface area (Å²) in [5, 5.41) is 0. The van der Waals surface area contributed by atoms with E-state index < -0.39 is 0 Å². The molecule has 36 heavy (non-hydrogen) atoms. The Morgan fingerprint density at radius 2 is 1.14 bits per heavy atom. The number of thioether (sulfide) groups is 2. The van der Waals surface area contributed by atoms with Crippen molar-refractivity contribution >= 4 is 33.3 Å². The van der Waals surface area contributed by atoms with Crippen LogP contribution in [-0.4, -0.2) is 29.3 Å². The van der Waals surface area contributed by atoms with Gasteiger partial charge in [-0.25, -0.2) is 0 Å². The first-order chi connectivity index (χ1) is 17.5. The fourth-order valence-electron chi connectivity index (χ4n) is 4.84. The molecule has 0 bridgehead atoms. The molecule has 2 atom stereocenters. The summed E-state index contributed by atoms with van der Waals surface area (Å²) in [6, 6.07) is 17.1. The molecule has 5 rings (SSSR count). The predicted molar refractivity (Wildman–Crippen MR) is 157 cm³/mol. The quantitative estimate of drug-likeness (QED) is 0.325. The highest BCUT2D eigenvalue weighted by Crippen LogP contribution is 2.67. The van der Waals surface area contributed by atoms with E-state index in [1.807, 2.05) is 23.5 Å². The maximum atomic E-state index is 5.87. The summed E-state index contributed by atoms with van der Waals surface area (Å²) in [5.74, 6) is 1.85. The molecule has 1 aliphatic carbocycles. The molecule has 5 heteroatoms. The zero-order chi connectivity index (χ0) is 25.2. The Hall–Kier alpha value is -2.34. The van der Waals surface area contributed by atoms with Crippen LogP contribution in [0, 0.1) is 0 Å². The third kappa shape index (κ3) is 4.69. The third-order valence-corrected chi connectivity index (χ3v) is 10.7. The molecule has 0 radical (unpaired) electrons. The predicted octanol–water partition coefficient (Wildman–Crippen LogP) is 7.85. The molecule has 0 saturated carbocycles. The van der Waals surface area contributed by atoms with Crippen LogP contribution in [0.25, 0.3) is 9.81 Å². The Balaban J connectivity index is 1.31. The number of nitrogens with two attached hydrogens (primary N) is 1. The fraction of sp³-hybridized carbons (Fsp3) is 0.355. The maximum Gasteiger partial charge on any atom is 0.119 e. The standard InChI is InChI=1S/C31H35NO2S2/c1-4-5-18-33-26-13-7-22(8-14-26)28-20-24-11-12-25-21-29(36-31(25,3)30(24,2)35-28)23-9-15-27(16-10-23)34-19-6-17-32/h7-16,20-21H,4-6,17-19,32H2,1-3H3/t30-,31-/m1/s1. The van der Waals surface area contributed by atoms with Crippen LogP contribution in [0.4, 0.5) is 0 Å². The average molecular weight is 518 g/mol. The summed E-state index contributed by atoms with van der Waals surface area (Å²) in [7, 11) is 0. The van der Waals surface area contributed by atoms with Crippen molar-refractivity contribution in [2.24, 2.45) is 5.73 Å². The van der Waals surface area contributed by atoms with E-state index in [-0.39, 0.29) is 9.49 Å². The van der Waals surface area contributed by atoms with Gasteiger partial charge in [-0.15, -0.1) is 23.5 Å². The largest absolute Gasteiger partial charge is 0.494 e. The average Bonchev–Trinajstić information content (AvgIpc) is 3.43. The minimum absolute atomic E-state index is 0.0447. The third-order valence-electron chi connectivity index (χ3n) is 7.32. The van der Waals surface area contributed by atoms with Crippen molar-refractivity contribution in [3.63, 3.8) is 0 Å². The lowest BCUT2D eigenvalue weighted by Gasteiger charge is -2.44. The first-order valence-electron chi connectivity index (χ1n) is 12.9. The van der Waals surface area contributed by atoms with Crippen LogP contribution in [0.15, 0.2) is 84.0 Å². The first-order valence-corrected chi connectivity index (χ1v) is 14.5. The molecular weight excluding hydrogens is 482 g/mol. The molecule has 0 fully saturated rings. The molecule has 0 aromatic heterocycles. The van der Waals surface area contributed by atoms with Crippen LogP contribution >= 0.6 is 23.5 Å². The molecule has 2 heterocycles. The second kappa shape index (κ2) is 10.6. The number of benzene rings is 2. The van der Waals surface area contributed by atoms with Crippen LogP contribution in [-0.2, 0) is 0 Å². The molecule has 2 aromatic carbocycles. The zero-order valence-corrected chi connectivity index (χ0v) is 23.0.